The molecule has 0 aliphatic rings. The van der Waals surface area contributed by atoms with Crippen molar-refractivity contribution in [3.05, 3.63) is 106 Å². The van der Waals surface area contributed by atoms with Gasteiger partial charge < -0.3 is 16.0 Å². The molecule has 0 saturated carbocycles. The largest absolute Gasteiger partial charge is 0.416 e. The van der Waals surface area contributed by atoms with Gasteiger partial charge in [0, 0.05) is 58.9 Å². The van der Waals surface area contributed by atoms with Gasteiger partial charge in [-0.1, -0.05) is 54.6 Å². The molecule has 3 aromatic rings. The van der Waals surface area contributed by atoms with Crippen LogP contribution in [0.25, 0.3) is 0 Å². The maximum atomic E-state index is 13.0. The number of rotatable bonds is 15. The predicted molar refractivity (Wildman–Crippen MR) is 146 cm³/mol. The molecule has 3 N–H and O–H groups in total. The molecule has 0 fully saturated rings. The Kier molecular flexibility index (Phi) is 12.4. The van der Waals surface area contributed by atoms with Crippen LogP contribution in [0.4, 0.5) is 39.5 Å². The first-order chi connectivity index (χ1) is 20.2. The predicted octanol–water partition coefficient (Wildman–Crippen LogP) is 6.71. The SMILES string of the molecule is FC(F)(F)c1cccc(CNCCN(CCNCc2cccc(C(F)(F)F)c2)CCNCc2cccc(C(F)(F)F)c2)c1. The van der Waals surface area contributed by atoms with Crippen LogP contribution in [-0.4, -0.2) is 44.2 Å². The molecule has 43 heavy (non-hydrogen) atoms. The molecule has 0 aliphatic heterocycles. The lowest BCUT2D eigenvalue weighted by Gasteiger charge is -2.23. The minimum absolute atomic E-state index is 0.222. The highest BCUT2D eigenvalue weighted by Crippen LogP contribution is 2.31. The summed E-state index contributed by atoms with van der Waals surface area (Å²) in [5, 5.41) is 9.36. The lowest BCUT2D eigenvalue weighted by molar-refractivity contribution is -0.138. The Hall–Kier alpha value is -3.13. The molecule has 0 saturated heterocycles. The van der Waals surface area contributed by atoms with Crippen molar-refractivity contribution in [2.24, 2.45) is 0 Å². The smallest absolute Gasteiger partial charge is 0.311 e. The quantitative estimate of drug-likeness (QED) is 0.131. The molecule has 0 heterocycles. The van der Waals surface area contributed by atoms with Crippen LogP contribution < -0.4 is 16.0 Å². The number of benzene rings is 3. The fraction of sp³-hybridized carbons (Fsp3) is 0.400. The minimum Gasteiger partial charge on any atom is -0.311 e. The lowest BCUT2D eigenvalue weighted by Crippen LogP contribution is -2.40. The number of hydrogen-bond donors (Lipinski definition) is 3. The van der Waals surface area contributed by atoms with E-state index in [1.54, 1.807) is 18.2 Å². The van der Waals surface area contributed by atoms with Crippen molar-refractivity contribution in [1.82, 2.24) is 20.9 Å². The van der Waals surface area contributed by atoms with Crippen molar-refractivity contribution in [2.75, 3.05) is 39.3 Å². The number of nitrogens with zero attached hydrogens (tertiary/aromatic N) is 1. The molecule has 0 spiro atoms. The van der Waals surface area contributed by atoms with Gasteiger partial charge in [-0.25, -0.2) is 0 Å². The molecule has 0 atom stereocenters. The zero-order valence-electron chi connectivity index (χ0n) is 23.1. The summed E-state index contributed by atoms with van der Waals surface area (Å²) < 4.78 is 117. The van der Waals surface area contributed by atoms with Gasteiger partial charge >= 0.3 is 18.5 Å². The van der Waals surface area contributed by atoms with Crippen LogP contribution in [-0.2, 0) is 38.2 Å². The van der Waals surface area contributed by atoms with Crippen molar-refractivity contribution in [2.45, 2.75) is 38.2 Å². The van der Waals surface area contributed by atoms with Gasteiger partial charge in [0.2, 0.25) is 0 Å². The lowest BCUT2D eigenvalue weighted by atomic mass is 10.1. The third-order valence-corrected chi connectivity index (χ3v) is 6.56. The first-order valence-corrected chi connectivity index (χ1v) is 13.5. The molecule has 0 amide bonds. The molecule has 0 aliphatic carbocycles. The van der Waals surface area contributed by atoms with Crippen LogP contribution in [0.2, 0.25) is 0 Å². The van der Waals surface area contributed by atoms with Gasteiger partial charge in [-0.3, -0.25) is 4.90 Å². The Bertz CT molecular complexity index is 1120. The summed E-state index contributed by atoms with van der Waals surface area (Å²) in [6, 6.07) is 15.1. The van der Waals surface area contributed by atoms with E-state index in [9.17, 15) is 39.5 Å². The number of nitrogens with one attached hydrogen (secondary N) is 3. The Morgan fingerprint density at radius 2 is 0.721 bits per heavy atom. The summed E-state index contributed by atoms with van der Waals surface area (Å²) in [5.41, 5.74) is -0.753. The van der Waals surface area contributed by atoms with Crippen molar-refractivity contribution < 1.29 is 39.5 Å². The fourth-order valence-electron chi connectivity index (χ4n) is 4.32. The van der Waals surface area contributed by atoms with Gasteiger partial charge in [0.25, 0.3) is 0 Å². The third kappa shape index (κ3) is 12.2. The number of hydrogen-bond acceptors (Lipinski definition) is 4. The van der Waals surface area contributed by atoms with Crippen molar-refractivity contribution >= 4 is 0 Å². The minimum atomic E-state index is -4.44. The Labute approximate surface area is 244 Å². The highest BCUT2D eigenvalue weighted by molar-refractivity contribution is 5.27. The van der Waals surface area contributed by atoms with Gasteiger partial charge in [-0.15, -0.1) is 0 Å². The van der Waals surface area contributed by atoms with E-state index in [1.165, 1.54) is 18.2 Å². The second-order valence-electron chi connectivity index (χ2n) is 9.97. The van der Waals surface area contributed by atoms with Crippen LogP contribution in [0.1, 0.15) is 33.4 Å². The van der Waals surface area contributed by atoms with E-state index >= 15 is 0 Å². The average Bonchev–Trinajstić information content (AvgIpc) is 2.94. The second-order valence-corrected chi connectivity index (χ2v) is 9.97. The van der Waals surface area contributed by atoms with E-state index < -0.39 is 35.2 Å². The van der Waals surface area contributed by atoms with Crippen LogP contribution in [0, 0.1) is 0 Å². The summed E-state index contributed by atoms with van der Waals surface area (Å²) in [6.07, 6.45) is -13.3. The van der Waals surface area contributed by atoms with Gasteiger partial charge in [-0.2, -0.15) is 39.5 Å². The van der Waals surface area contributed by atoms with Crippen molar-refractivity contribution in [3.63, 3.8) is 0 Å². The molecule has 4 nitrogen and oxygen atoms in total. The standard InChI is InChI=1S/C30H33F9N4/c31-28(32,33)25-7-1-4-22(16-25)19-40-10-13-43(14-11-41-20-23-5-2-8-26(17-23)29(34,35)36)15-12-42-21-24-6-3-9-27(18-24)30(37,38)39/h1-9,16-18,40-42H,10-15,19-21H2. The zero-order chi connectivity index (χ0) is 31.5. The van der Waals surface area contributed by atoms with Crippen molar-refractivity contribution in [3.8, 4) is 0 Å². The fourth-order valence-corrected chi connectivity index (χ4v) is 4.32. The van der Waals surface area contributed by atoms with E-state index in [1.807, 2.05) is 4.90 Å². The Morgan fingerprint density at radius 3 is 0.977 bits per heavy atom. The zero-order valence-corrected chi connectivity index (χ0v) is 23.1. The third-order valence-electron chi connectivity index (χ3n) is 6.56. The van der Waals surface area contributed by atoms with E-state index in [2.05, 4.69) is 16.0 Å². The van der Waals surface area contributed by atoms with Crippen LogP contribution in [0.5, 0.6) is 0 Å². The van der Waals surface area contributed by atoms with E-state index in [0.717, 1.165) is 36.4 Å². The monoisotopic (exact) mass is 620 g/mol. The molecular weight excluding hydrogens is 587 g/mol. The number of alkyl halides is 9. The summed E-state index contributed by atoms with van der Waals surface area (Å²) in [5.74, 6) is 0. The number of halogens is 9. The van der Waals surface area contributed by atoms with Crippen LogP contribution in [0.15, 0.2) is 72.8 Å². The van der Waals surface area contributed by atoms with Crippen LogP contribution >= 0.6 is 0 Å². The van der Waals surface area contributed by atoms with Gasteiger partial charge in [0.05, 0.1) is 16.7 Å². The molecule has 0 bridgehead atoms. The molecule has 0 radical (unpaired) electrons. The molecule has 236 valence electrons. The molecule has 13 heteroatoms. The topological polar surface area (TPSA) is 39.3 Å². The highest BCUT2D eigenvalue weighted by Gasteiger charge is 2.31. The Balaban J connectivity index is 1.50. The summed E-state index contributed by atoms with van der Waals surface area (Å²) in [4.78, 5) is 2.04. The maximum Gasteiger partial charge on any atom is 0.416 e. The molecular formula is C30H33F9N4. The van der Waals surface area contributed by atoms with E-state index in [4.69, 9.17) is 0 Å². The normalized spacial score (nSPS) is 12.7. The highest BCUT2D eigenvalue weighted by atomic mass is 19.4. The first kappa shape index (κ1) is 34.4. The van der Waals surface area contributed by atoms with E-state index in [0.29, 0.717) is 56.0 Å². The molecule has 3 rings (SSSR count). The summed E-state index contributed by atoms with van der Waals surface area (Å²) in [7, 11) is 0. The first-order valence-electron chi connectivity index (χ1n) is 13.5. The van der Waals surface area contributed by atoms with Crippen LogP contribution in [0.3, 0.4) is 0 Å². The second kappa shape index (κ2) is 15.6. The average molecular weight is 621 g/mol. The van der Waals surface area contributed by atoms with Crippen molar-refractivity contribution in [1.29, 1.82) is 0 Å². The van der Waals surface area contributed by atoms with Gasteiger partial charge in [0.15, 0.2) is 0 Å². The molecule has 3 aromatic carbocycles. The van der Waals surface area contributed by atoms with Gasteiger partial charge in [-0.05, 0) is 34.9 Å². The molecule has 0 aromatic heterocycles. The summed E-state index contributed by atoms with van der Waals surface area (Å²) in [6.45, 7) is 3.52. The maximum absolute atomic E-state index is 13.0. The van der Waals surface area contributed by atoms with E-state index in [-0.39, 0.29) is 19.6 Å². The van der Waals surface area contributed by atoms with Gasteiger partial charge in [0.1, 0.15) is 0 Å². The summed E-state index contributed by atoms with van der Waals surface area (Å²) >= 11 is 0. The molecule has 0 unspecified atom stereocenters. The Morgan fingerprint density at radius 1 is 0.442 bits per heavy atom.